The van der Waals surface area contributed by atoms with Crippen LogP contribution >= 0.6 is 11.6 Å². The molecule has 0 saturated carbocycles. The van der Waals surface area contributed by atoms with Gasteiger partial charge in [-0.1, -0.05) is 31.5 Å². The van der Waals surface area contributed by atoms with Crippen LogP contribution in [-0.2, 0) is 0 Å². The summed E-state index contributed by atoms with van der Waals surface area (Å²) in [5.41, 5.74) is 1.34. The highest BCUT2D eigenvalue weighted by molar-refractivity contribution is 6.31. The Morgan fingerprint density at radius 2 is 1.76 bits per heavy atom. The van der Waals surface area contributed by atoms with Crippen LogP contribution in [0.5, 0.6) is 0 Å². The van der Waals surface area contributed by atoms with Gasteiger partial charge in [-0.25, -0.2) is 0 Å². The smallest absolute Gasteiger partial charge is 0.257 e. The van der Waals surface area contributed by atoms with Crippen molar-refractivity contribution in [1.82, 2.24) is 9.88 Å². The van der Waals surface area contributed by atoms with Crippen LogP contribution in [0.4, 0.5) is 5.69 Å². The Labute approximate surface area is 153 Å². The maximum absolute atomic E-state index is 12.6. The normalized spacial score (nSPS) is 10.4. The number of nitrogens with one attached hydrogen (secondary N) is 1. The summed E-state index contributed by atoms with van der Waals surface area (Å²) in [7, 11) is 0. The number of nitrogens with zero attached hydrogens (tertiary/aromatic N) is 2. The van der Waals surface area contributed by atoms with Gasteiger partial charge in [-0.3, -0.25) is 14.6 Å². The zero-order valence-corrected chi connectivity index (χ0v) is 15.2. The molecule has 1 N–H and O–H groups in total. The van der Waals surface area contributed by atoms with Crippen molar-refractivity contribution in [3.05, 3.63) is 58.9 Å². The van der Waals surface area contributed by atoms with Crippen molar-refractivity contribution in [2.24, 2.45) is 0 Å². The molecule has 0 unspecified atom stereocenters. The Hall–Kier alpha value is -2.40. The summed E-state index contributed by atoms with van der Waals surface area (Å²) >= 11 is 5.92. The second-order valence-corrected chi connectivity index (χ2v) is 6.16. The summed E-state index contributed by atoms with van der Waals surface area (Å²) in [5, 5.41) is 3.29. The third-order valence-electron chi connectivity index (χ3n) is 3.60. The first-order chi connectivity index (χ1) is 12.0. The van der Waals surface area contributed by atoms with E-state index in [1.54, 1.807) is 35.2 Å². The predicted molar refractivity (Wildman–Crippen MR) is 100 cm³/mol. The van der Waals surface area contributed by atoms with Crippen LogP contribution in [0.1, 0.15) is 47.4 Å². The molecule has 0 saturated heterocycles. The fourth-order valence-corrected chi connectivity index (χ4v) is 2.68. The first kappa shape index (κ1) is 18.9. The molecule has 1 aromatic heterocycles. The molecule has 1 heterocycles. The fraction of sp³-hybridized carbons (Fsp3) is 0.316. The molecule has 2 rings (SSSR count). The van der Waals surface area contributed by atoms with E-state index in [0.717, 1.165) is 12.8 Å². The molecule has 2 aromatic rings. The van der Waals surface area contributed by atoms with Gasteiger partial charge in [-0.2, -0.15) is 0 Å². The topological polar surface area (TPSA) is 62.3 Å². The van der Waals surface area contributed by atoms with Gasteiger partial charge in [0.2, 0.25) is 0 Å². The summed E-state index contributed by atoms with van der Waals surface area (Å²) in [6.07, 6.45) is 4.71. The molecule has 0 fully saturated rings. The van der Waals surface area contributed by atoms with Crippen LogP contribution in [0.3, 0.4) is 0 Å². The van der Waals surface area contributed by atoms with Crippen LogP contribution in [0, 0.1) is 0 Å². The van der Waals surface area contributed by atoms with Crippen molar-refractivity contribution < 1.29 is 9.59 Å². The third kappa shape index (κ3) is 5.29. The number of halogens is 1. The van der Waals surface area contributed by atoms with E-state index in [1.165, 1.54) is 12.4 Å². The van der Waals surface area contributed by atoms with E-state index in [1.807, 2.05) is 13.8 Å². The van der Waals surface area contributed by atoms with Crippen molar-refractivity contribution in [3.8, 4) is 0 Å². The number of anilines is 1. The van der Waals surface area contributed by atoms with E-state index >= 15 is 0 Å². The Bertz CT molecular complexity index is 743. The minimum atomic E-state index is -0.332. The highest BCUT2D eigenvalue weighted by atomic mass is 35.5. The molecule has 5 nitrogen and oxygen atoms in total. The van der Waals surface area contributed by atoms with Crippen molar-refractivity contribution in [1.29, 1.82) is 0 Å². The van der Waals surface area contributed by atoms with Crippen molar-refractivity contribution in [2.75, 3.05) is 18.4 Å². The number of hydrogen-bond donors (Lipinski definition) is 1. The maximum Gasteiger partial charge on any atom is 0.257 e. The van der Waals surface area contributed by atoms with Crippen LogP contribution in [0.15, 0.2) is 42.7 Å². The van der Waals surface area contributed by atoms with Gasteiger partial charge >= 0.3 is 0 Å². The molecule has 0 bridgehead atoms. The molecule has 0 radical (unpaired) electrons. The Morgan fingerprint density at radius 1 is 1.08 bits per heavy atom. The molecule has 2 amide bonds. The monoisotopic (exact) mass is 359 g/mol. The van der Waals surface area contributed by atoms with Gasteiger partial charge < -0.3 is 10.2 Å². The number of rotatable bonds is 7. The van der Waals surface area contributed by atoms with Crippen LogP contribution in [0.25, 0.3) is 0 Å². The lowest BCUT2D eigenvalue weighted by Gasteiger charge is -2.21. The molecule has 132 valence electrons. The van der Waals surface area contributed by atoms with Crippen LogP contribution in [-0.4, -0.2) is 34.8 Å². The predicted octanol–water partition coefficient (Wildman–Crippen LogP) is 4.25. The molecule has 25 heavy (non-hydrogen) atoms. The molecule has 0 spiro atoms. The zero-order chi connectivity index (χ0) is 18.2. The molecule has 0 aliphatic rings. The van der Waals surface area contributed by atoms with E-state index < -0.39 is 0 Å². The number of carbonyl (C=O) groups excluding carboxylic acids is 2. The van der Waals surface area contributed by atoms with E-state index in [-0.39, 0.29) is 11.8 Å². The number of amides is 2. The summed E-state index contributed by atoms with van der Waals surface area (Å²) < 4.78 is 0. The molecule has 0 atom stereocenters. The second-order valence-electron chi connectivity index (χ2n) is 5.72. The van der Waals surface area contributed by atoms with Gasteiger partial charge in [-0.15, -0.1) is 0 Å². The standard InChI is InChI=1S/C19H22ClN3O2/c1-3-8-23(9-4-2)19(25)15-10-14(12-21-13-15)18(24)22-17-7-5-6-16(20)11-17/h5-7,10-13H,3-4,8-9H2,1-2H3,(H,22,24). The third-order valence-corrected chi connectivity index (χ3v) is 3.84. The largest absolute Gasteiger partial charge is 0.339 e. The number of benzene rings is 1. The van der Waals surface area contributed by atoms with Gasteiger partial charge in [0.15, 0.2) is 0 Å². The van der Waals surface area contributed by atoms with E-state index in [4.69, 9.17) is 11.6 Å². The van der Waals surface area contributed by atoms with Crippen molar-refractivity contribution >= 4 is 29.1 Å². The lowest BCUT2D eigenvalue weighted by Crippen LogP contribution is -2.32. The zero-order valence-electron chi connectivity index (χ0n) is 14.5. The first-order valence-corrected chi connectivity index (χ1v) is 8.74. The van der Waals surface area contributed by atoms with Gasteiger partial charge in [0, 0.05) is 36.2 Å². The number of pyridine rings is 1. The quantitative estimate of drug-likeness (QED) is 0.803. The number of carbonyl (C=O) groups is 2. The van der Waals surface area contributed by atoms with Crippen LogP contribution < -0.4 is 5.32 Å². The molecule has 6 heteroatoms. The molecular formula is C19H22ClN3O2. The van der Waals surface area contributed by atoms with Gasteiger partial charge in [0.25, 0.3) is 11.8 Å². The number of aromatic nitrogens is 1. The Kier molecular flexibility index (Phi) is 6.95. The minimum absolute atomic E-state index is 0.103. The van der Waals surface area contributed by atoms with Crippen LogP contribution in [0.2, 0.25) is 5.02 Å². The molecule has 1 aromatic carbocycles. The van der Waals surface area contributed by atoms with Crippen molar-refractivity contribution in [3.63, 3.8) is 0 Å². The average Bonchev–Trinajstić information content (AvgIpc) is 2.61. The SMILES string of the molecule is CCCN(CCC)C(=O)c1cncc(C(=O)Nc2cccc(Cl)c2)c1. The Morgan fingerprint density at radius 3 is 2.40 bits per heavy atom. The average molecular weight is 360 g/mol. The Balaban J connectivity index is 2.16. The van der Waals surface area contributed by atoms with E-state index in [9.17, 15) is 9.59 Å². The first-order valence-electron chi connectivity index (χ1n) is 8.36. The molecular weight excluding hydrogens is 338 g/mol. The summed E-state index contributed by atoms with van der Waals surface area (Å²) in [5.74, 6) is -0.435. The highest BCUT2D eigenvalue weighted by Crippen LogP contribution is 2.16. The summed E-state index contributed by atoms with van der Waals surface area (Å²) in [6.45, 7) is 5.43. The summed E-state index contributed by atoms with van der Waals surface area (Å²) in [6, 6.07) is 8.47. The molecule has 0 aliphatic heterocycles. The lowest BCUT2D eigenvalue weighted by atomic mass is 10.1. The highest BCUT2D eigenvalue weighted by Gasteiger charge is 2.17. The number of hydrogen-bond acceptors (Lipinski definition) is 3. The lowest BCUT2D eigenvalue weighted by molar-refractivity contribution is 0.0755. The van der Waals surface area contributed by atoms with E-state index in [2.05, 4.69) is 10.3 Å². The summed E-state index contributed by atoms with van der Waals surface area (Å²) in [4.78, 5) is 30.9. The van der Waals surface area contributed by atoms with Crippen molar-refractivity contribution in [2.45, 2.75) is 26.7 Å². The minimum Gasteiger partial charge on any atom is -0.339 e. The van der Waals surface area contributed by atoms with E-state index in [0.29, 0.717) is 34.9 Å². The second kappa shape index (κ2) is 9.18. The van der Waals surface area contributed by atoms with Gasteiger partial charge in [0.1, 0.15) is 0 Å². The maximum atomic E-state index is 12.6. The van der Waals surface area contributed by atoms with Gasteiger partial charge in [0.05, 0.1) is 11.1 Å². The fourth-order valence-electron chi connectivity index (χ4n) is 2.49. The van der Waals surface area contributed by atoms with Gasteiger partial charge in [-0.05, 0) is 37.1 Å². The molecule has 0 aliphatic carbocycles.